The second-order valence-electron chi connectivity index (χ2n) is 3.18. The molecule has 2 nitrogen and oxygen atoms in total. The van der Waals surface area contributed by atoms with Crippen LogP contribution in [0.2, 0.25) is 10.0 Å². The number of rotatable bonds is 3. The van der Waals surface area contributed by atoms with E-state index in [9.17, 15) is 0 Å². The molecule has 0 bridgehead atoms. The number of benzene rings is 1. The second kappa shape index (κ2) is 5.09. The van der Waals surface area contributed by atoms with Crippen LogP contribution in [0, 0.1) is 0 Å². The Balaban J connectivity index is 2.35. The molecule has 0 aliphatic heterocycles. The van der Waals surface area contributed by atoms with Gasteiger partial charge in [-0.2, -0.15) is 0 Å². The summed E-state index contributed by atoms with van der Waals surface area (Å²) in [6, 6.07) is 5.23. The van der Waals surface area contributed by atoms with Crippen molar-refractivity contribution in [1.82, 2.24) is 4.98 Å². The average molecular weight is 277 g/mol. The van der Waals surface area contributed by atoms with Crippen molar-refractivity contribution in [3.05, 3.63) is 40.3 Å². The fourth-order valence-corrected chi connectivity index (χ4v) is 1.98. The molecule has 0 spiro atoms. The van der Waals surface area contributed by atoms with E-state index in [0.717, 1.165) is 5.56 Å². The van der Waals surface area contributed by atoms with Crippen molar-refractivity contribution in [1.29, 1.82) is 0 Å². The minimum atomic E-state index is 0.480. The molecule has 2 rings (SSSR count). The van der Waals surface area contributed by atoms with Gasteiger partial charge in [-0.3, -0.25) is 0 Å². The van der Waals surface area contributed by atoms with Crippen molar-refractivity contribution >= 4 is 34.8 Å². The molecule has 0 unspecified atom stereocenters. The Kier molecular flexibility index (Phi) is 3.74. The second-order valence-corrected chi connectivity index (χ2v) is 4.40. The molecule has 2 aromatic rings. The molecule has 16 heavy (non-hydrogen) atoms. The molecular formula is C11H8Cl3NO. The summed E-state index contributed by atoms with van der Waals surface area (Å²) in [6.07, 6.45) is 2.24. The lowest BCUT2D eigenvalue weighted by Gasteiger charge is -2.00. The third kappa shape index (κ3) is 2.51. The summed E-state index contributed by atoms with van der Waals surface area (Å²) >= 11 is 17.5. The van der Waals surface area contributed by atoms with E-state index in [1.54, 1.807) is 24.4 Å². The minimum Gasteiger partial charge on any atom is -0.441 e. The van der Waals surface area contributed by atoms with E-state index in [-0.39, 0.29) is 0 Å². The molecule has 5 heteroatoms. The van der Waals surface area contributed by atoms with Crippen LogP contribution in [0.5, 0.6) is 0 Å². The Morgan fingerprint density at radius 1 is 1.25 bits per heavy atom. The molecule has 0 aliphatic carbocycles. The van der Waals surface area contributed by atoms with Gasteiger partial charge in [0.15, 0.2) is 11.7 Å². The molecule has 1 heterocycles. The highest BCUT2D eigenvalue weighted by atomic mass is 35.5. The summed E-state index contributed by atoms with van der Waals surface area (Å²) in [6.45, 7) is 0. The number of aryl methyl sites for hydroxylation is 1. The molecule has 0 N–H and O–H groups in total. The molecule has 0 amide bonds. The zero-order valence-corrected chi connectivity index (χ0v) is 10.5. The number of halogens is 3. The highest BCUT2D eigenvalue weighted by Crippen LogP contribution is 2.30. The van der Waals surface area contributed by atoms with E-state index in [1.165, 1.54) is 0 Å². The van der Waals surface area contributed by atoms with Crippen molar-refractivity contribution in [2.75, 3.05) is 5.88 Å². The smallest absolute Gasteiger partial charge is 0.196 e. The number of alkyl halides is 1. The van der Waals surface area contributed by atoms with Gasteiger partial charge >= 0.3 is 0 Å². The van der Waals surface area contributed by atoms with Gasteiger partial charge in [-0.25, -0.2) is 4.98 Å². The van der Waals surface area contributed by atoms with Crippen LogP contribution in [0.15, 0.2) is 28.8 Å². The molecular weight excluding hydrogens is 268 g/mol. The third-order valence-corrected chi connectivity index (χ3v) is 2.80. The third-order valence-electron chi connectivity index (χ3n) is 2.06. The number of oxazole rings is 1. The first-order valence-electron chi connectivity index (χ1n) is 4.67. The first kappa shape index (κ1) is 11.8. The normalized spacial score (nSPS) is 10.7. The Morgan fingerprint density at radius 3 is 2.75 bits per heavy atom. The summed E-state index contributed by atoms with van der Waals surface area (Å²) in [4.78, 5) is 4.10. The van der Waals surface area contributed by atoms with Crippen molar-refractivity contribution in [2.45, 2.75) is 6.42 Å². The minimum absolute atomic E-state index is 0.480. The molecule has 0 saturated heterocycles. The molecule has 0 radical (unpaired) electrons. The van der Waals surface area contributed by atoms with Crippen LogP contribution in [-0.2, 0) is 6.42 Å². The zero-order chi connectivity index (χ0) is 11.5. The number of hydrogen-bond donors (Lipinski definition) is 0. The number of nitrogens with zero attached hydrogens (tertiary/aromatic N) is 1. The predicted octanol–water partition coefficient (Wildman–Crippen LogP) is 4.43. The monoisotopic (exact) mass is 275 g/mol. The van der Waals surface area contributed by atoms with Crippen molar-refractivity contribution in [3.63, 3.8) is 0 Å². The standard InChI is InChI=1S/C11H8Cl3NO/c12-4-3-11-15-6-10(16-11)8-2-1-7(13)5-9(8)14/h1-2,5-6H,3-4H2. The molecule has 0 aliphatic rings. The summed E-state index contributed by atoms with van der Waals surface area (Å²) in [5, 5.41) is 1.13. The topological polar surface area (TPSA) is 26.0 Å². The first-order valence-corrected chi connectivity index (χ1v) is 5.96. The SMILES string of the molecule is ClCCc1ncc(-c2ccc(Cl)cc2Cl)o1. The molecule has 0 atom stereocenters. The summed E-state index contributed by atoms with van der Waals surface area (Å²) < 4.78 is 5.51. The Hall–Kier alpha value is -0.700. The van der Waals surface area contributed by atoms with Gasteiger partial charge in [0.1, 0.15) is 0 Å². The van der Waals surface area contributed by atoms with Gasteiger partial charge in [0.2, 0.25) is 0 Å². The van der Waals surface area contributed by atoms with E-state index in [4.69, 9.17) is 39.2 Å². The molecule has 84 valence electrons. The lowest BCUT2D eigenvalue weighted by molar-refractivity contribution is 0.515. The van der Waals surface area contributed by atoms with Gasteiger partial charge in [0.05, 0.1) is 11.2 Å². The van der Waals surface area contributed by atoms with E-state index < -0.39 is 0 Å². The van der Waals surface area contributed by atoms with Gasteiger partial charge in [0, 0.05) is 22.9 Å². The van der Waals surface area contributed by atoms with Gasteiger partial charge in [-0.15, -0.1) is 11.6 Å². The number of hydrogen-bond acceptors (Lipinski definition) is 2. The Bertz CT molecular complexity index is 496. The van der Waals surface area contributed by atoms with Crippen LogP contribution in [0.3, 0.4) is 0 Å². The van der Waals surface area contributed by atoms with E-state index in [1.807, 2.05) is 0 Å². The molecule has 0 saturated carbocycles. The van der Waals surface area contributed by atoms with Crippen LogP contribution < -0.4 is 0 Å². The van der Waals surface area contributed by atoms with E-state index in [2.05, 4.69) is 4.98 Å². The van der Waals surface area contributed by atoms with E-state index in [0.29, 0.717) is 34.0 Å². The van der Waals surface area contributed by atoms with Crippen molar-refractivity contribution < 1.29 is 4.42 Å². The predicted molar refractivity (Wildman–Crippen MR) is 66.4 cm³/mol. The fraction of sp³-hybridized carbons (Fsp3) is 0.182. The van der Waals surface area contributed by atoms with Crippen LogP contribution in [-0.4, -0.2) is 10.9 Å². The van der Waals surface area contributed by atoms with Crippen LogP contribution in [0.4, 0.5) is 0 Å². The fourth-order valence-electron chi connectivity index (χ4n) is 1.32. The van der Waals surface area contributed by atoms with Crippen LogP contribution in [0.1, 0.15) is 5.89 Å². The maximum Gasteiger partial charge on any atom is 0.196 e. The molecule has 0 fully saturated rings. The summed E-state index contributed by atoms with van der Waals surface area (Å²) in [5.41, 5.74) is 0.777. The lowest BCUT2D eigenvalue weighted by Crippen LogP contribution is -1.83. The van der Waals surface area contributed by atoms with Gasteiger partial charge in [-0.1, -0.05) is 23.2 Å². The van der Waals surface area contributed by atoms with E-state index >= 15 is 0 Å². The van der Waals surface area contributed by atoms with Crippen molar-refractivity contribution in [3.8, 4) is 11.3 Å². The highest BCUT2D eigenvalue weighted by Gasteiger charge is 2.09. The largest absolute Gasteiger partial charge is 0.441 e. The lowest BCUT2D eigenvalue weighted by atomic mass is 10.2. The van der Waals surface area contributed by atoms with Gasteiger partial charge in [0.25, 0.3) is 0 Å². The summed E-state index contributed by atoms with van der Waals surface area (Å²) in [7, 11) is 0. The maximum absolute atomic E-state index is 6.05. The van der Waals surface area contributed by atoms with Crippen molar-refractivity contribution in [2.24, 2.45) is 0 Å². The Morgan fingerprint density at radius 2 is 2.06 bits per heavy atom. The number of aromatic nitrogens is 1. The van der Waals surface area contributed by atoms with Crippen LogP contribution in [0.25, 0.3) is 11.3 Å². The van der Waals surface area contributed by atoms with Gasteiger partial charge in [-0.05, 0) is 18.2 Å². The van der Waals surface area contributed by atoms with Crippen LogP contribution >= 0.6 is 34.8 Å². The first-order chi connectivity index (χ1) is 7.70. The molecule has 1 aromatic heterocycles. The quantitative estimate of drug-likeness (QED) is 0.775. The molecule has 1 aromatic carbocycles. The summed E-state index contributed by atoms with van der Waals surface area (Å²) in [5.74, 6) is 1.71. The maximum atomic E-state index is 6.05. The highest BCUT2D eigenvalue weighted by molar-refractivity contribution is 6.36. The Labute approximate surface area is 108 Å². The zero-order valence-electron chi connectivity index (χ0n) is 8.21. The van der Waals surface area contributed by atoms with Gasteiger partial charge < -0.3 is 4.42 Å². The average Bonchev–Trinajstić information content (AvgIpc) is 2.67.